The molecule has 1 saturated heterocycles. The summed E-state index contributed by atoms with van der Waals surface area (Å²) in [5.74, 6) is 1.33. The van der Waals surface area contributed by atoms with Gasteiger partial charge in [0.05, 0.1) is 12.7 Å². The van der Waals surface area contributed by atoms with E-state index in [1.165, 1.54) is 6.07 Å². The first-order valence-electron chi connectivity index (χ1n) is 11.9. The van der Waals surface area contributed by atoms with Crippen LogP contribution in [0.5, 0.6) is 11.5 Å². The predicted octanol–water partition coefficient (Wildman–Crippen LogP) is 4.29. The zero-order valence-corrected chi connectivity index (χ0v) is 19.7. The lowest BCUT2D eigenvalue weighted by atomic mass is 9.61. The number of aromatic nitrogens is 1. The van der Waals surface area contributed by atoms with Crippen molar-refractivity contribution in [1.29, 1.82) is 0 Å². The van der Waals surface area contributed by atoms with E-state index in [9.17, 15) is 9.59 Å². The van der Waals surface area contributed by atoms with Gasteiger partial charge < -0.3 is 29.4 Å². The van der Waals surface area contributed by atoms with Crippen LogP contribution < -0.4 is 15.2 Å². The number of hydrogen-bond donors (Lipinski definition) is 1. The van der Waals surface area contributed by atoms with Gasteiger partial charge >= 0.3 is 6.09 Å². The number of nitrogens with two attached hydrogens (primary N) is 1. The molecule has 2 aromatic carbocycles. The molecule has 1 aliphatic heterocycles. The molecule has 0 unspecified atom stereocenters. The van der Waals surface area contributed by atoms with Gasteiger partial charge in [0.2, 0.25) is 0 Å². The smallest absolute Gasteiger partial charge is 0.410 e. The van der Waals surface area contributed by atoms with Crippen molar-refractivity contribution in [1.82, 2.24) is 10.1 Å². The number of likely N-dealkylation sites (tertiary alicyclic amines) is 1. The Morgan fingerprint density at radius 1 is 1.09 bits per heavy atom. The van der Waals surface area contributed by atoms with Gasteiger partial charge in [0, 0.05) is 19.2 Å². The molecule has 2 fully saturated rings. The third kappa shape index (κ3) is 5.03. The van der Waals surface area contributed by atoms with Crippen LogP contribution in [0, 0.1) is 5.41 Å². The lowest BCUT2D eigenvalue weighted by molar-refractivity contribution is -0.0538. The van der Waals surface area contributed by atoms with E-state index in [2.05, 4.69) is 23.4 Å². The first-order chi connectivity index (χ1) is 16.9. The maximum absolute atomic E-state index is 12.4. The fourth-order valence-electron chi connectivity index (χ4n) is 5.01. The molecule has 9 heteroatoms. The van der Waals surface area contributed by atoms with Gasteiger partial charge in [-0.15, -0.1) is 0 Å². The second kappa shape index (κ2) is 9.48. The van der Waals surface area contributed by atoms with Crippen LogP contribution in [0.3, 0.4) is 0 Å². The summed E-state index contributed by atoms with van der Waals surface area (Å²) in [5, 5.41) is 5.79. The molecule has 0 radical (unpaired) electrons. The molecule has 3 aromatic rings. The van der Waals surface area contributed by atoms with E-state index in [-0.39, 0.29) is 29.6 Å². The summed E-state index contributed by atoms with van der Waals surface area (Å²) in [6.45, 7) is 3.81. The number of primary amides is 1. The molecule has 2 aliphatic rings. The molecule has 1 aromatic heterocycles. The number of amides is 2. The molecule has 0 bridgehead atoms. The van der Waals surface area contributed by atoms with E-state index in [0.29, 0.717) is 19.7 Å². The van der Waals surface area contributed by atoms with Gasteiger partial charge in [0.1, 0.15) is 11.5 Å². The van der Waals surface area contributed by atoms with Gasteiger partial charge in [-0.25, -0.2) is 4.79 Å². The maximum Gasteiger partial charge on any atom is 0.410 e. The number of nitrogens with zero attached hydrogens (tertiary/aromatic N) is 2. The minimum atomic E-state index is -0.688. The van der Waals surface area contributed by atoms with Crippen LogP contribution in [-0.2, 0) is 11.3 Å². The molecule has 0 atom stereocenters. The lowest BCUT2D eigenvalue weighted by Crippen LogP contribution is -2.52. The first-order valence-corrected chi connectivity index (χ1v) is 11.9. The topological polar surface area (TPSA) is 117 Å². The summed E-state index contributed by atoms with van der Waals surface area (Å²) in [4.78, 5) is 25.2. The zero-order chi connectivity index (χ0) is 24.4. The molecular formula is C26H29N3O6. The molecule has 2 amide bonds. The van der Waals surface area contributed by atoms with Crippen LogP contribution in [-0.4, -0.2) is 47.9 Å². The molecule has 9 nitrogen and oxygen atoms in total. The van der Waals surface area contributed by atoms with Crippen molar-refractivity contribution in [2.24, 2.45) is 11.1 Å². The Hall–Kier alpha value is -3.75. The Morgan fingerprint density at radius 3 is 2.49 bits per heavy atom. The average Bonchev–Trinajstić information content (AvgIpc) is 3.32. The van der Waals surface area contributed by atoms with E-state index in [4.69, 9.17) is 24.5 Å². The number of rotatable bonds is 7. The summed E-state index contributed by atoms with van der Waals surface area (Å²) in [6, 6.07) is 13.6. The first kappa shape index (κ1) is 23.0. The van der Waals surface area contributed by atoms with E-state index in [0.717, 1.165) is 48.0 Å². The van der Waals surface area contributed by atoms with Crippen LogP contribution in [0.1, 0.15) is 48.9 Å². The minimum absolute atomic E-state index is 0.0108. The van der Waals surface area contributed by atoms with E-state index in [1.807, 2.05) is 25.1 Å². The third-order valence-electron chi connectivity index (χ3n) is 6.95. The average molecular weight is 480 g/mol. The van der Waals surface area contributed by atoms with Crippen molar-refractivity contribution in [2.75, 3.05) is 19.7 Å². The quantitative estimate of drug-likeness (QED) is 0.537. The van der Waals surface area contributed by atoms with Gasteiger partial charge in [-0.1, -0.05) is 17.3 Å². The van der Waals surface area contributed by atoms with Crippen molar-refractivity contribution in [3.8, 4) is 11.5 Å². The Kier molecular flexibility index (Phi) is 6.23. The number of hydrogen-bond acceptors (Lipinski definition) is 7. The van der Waals surface area contributed by atoms with Gasteiger partial charge in [0.25, 0.3) is 5.91 Å². The summed E-state index contributed by atoms with van der Waals surface area (Å²) in [6.07, 6.45) is 3.61. The van der Waals surface area contributed by atoms with E-state index >= 15 is 0 Å². The van der Waals surface area contributed by atoms with Crippen molar-refractivity contribution in [3.63, 3.8) is 0 Å². The summed E-state index contributed by atoms with van der Waals surface area (Å²) in [5.41, 5.74) is 5.38. The van der Waals surface area contributed by atoms with Gasteiger partial charge in [-0.3, -0.25) is 4.79 Å². The van der Waals surface area contributed by atoms with Crippen molar-refractivity contribution < 1.29 is 28.3 Å². The number of carbonyl (C=O) groups is 2. The van der Waals surface area contributed by atoms with E-state index in [1.54, 1.807) is 4.90 Å². The standard InChI is InChI=1S/C26H29N3O6/c1-2-32-19-5-3-17-4-6-20(12-18(17)11-19)34-22-14-26(15-22)7-9-29(10-8-26)25(31)33-16-21-13-23(24(27)30)28-35-21/h3-6,11-13,22H,2,7-10,14-16H2,1H3,(H2,27,30). The highest BCUT2D eigenvalue weighted by Gasteiger charge is 2.47. The number of carbonyl (C=O) groups excluding carboxylic acids is 2. The van der Waals surface area contributed by atoms with Crippen LogP contribution in [0.25, 0.3) is 10.8 Å². The Balaban J connectivity index is 1.09. The number of ether oxygens (including phenoxy) is 3. The van der Waals surface area contributed by atoms with Crippen molar-refractivity contribution in [2.45, 2.75) is 45.3 Å². The molecule has 2 N–H and O–H groups in total. The highest BCUT2D eigenvalue weighted by molar-refractivity contribution is 5.90. The second-order valence-corrected chi connectivity index (χ2v) is 9.34. The third-order valence-corrected chi connectivity index (χ3v) is 6.95. The summed E-state index contributed by atoms with van der Waals surface area (Å²) < 4.78 is 22.1. The molecule has 5 rings (SSSR count). The zero-order valence-electron chi connectivity index (χ0n) is 19.7. The minimum Gasteiger partial charge on any atom is -0.494 e. The number of fused-ring (bicyclic) bond motifs is 1. The van der Waals surface area contributed by atoms with Crippen LogP contribution in [0.2, 0.25) is 0 Å². The maximum atomic E-state index is 12.4. The monoisotopic (exact) mass is 479 g/mol. The Bertz CT molecular complexity index is 1220. The van der Waals surface area contributed by atoms with E-state index < -0.39 is 12.0 Å². The normalized spacial score (nSPS) is 17.2. The molecule has 1 aliphatic carbocycles. The van der Waals surface area contributed by atoms with Crippen LogP contribution >= 0.6 is 0 Å². The number of benzene rings is 2. The summed E-state index contributed by atoms with van der Waals surface area (Å²) in [7, 11) is 0. The van der Waals surface area contributed by atoms with Crippen LogP contribution in [0.4, 0.5) is 4.79 Å². The fourth-order valence-corrected chi connectivity index (χ4v) is 5.01. The SMILES string of the molecule is CCOc1ccc2ccc(OC3CC4(CCN(C(=O)OCc5cc(C(N)=O)no5)CC4)C3)cc2c1. The highest BCUT2D eigenvalue weighted by atomic mass is 16.6. The molecule has 1 spiro atoms. The molecule has 1 saturated carbocycles. The number of piperidine rings is 1. The van der Waals surface area contributed by atoms with Crippen molar-refractivity contribution >= 4 is 22.8 Å². The molecule has 184 valence electrons. The fraction of sp³-hybridized carbons (Fsp3) is 0.423. The highest BCUT2D eigenvalue weighted by Crippen LogP contribution is 2.50. The Labute approximate surface area is 203 Å². The van der Waals surface area contributed by atoms with Gasteiger partial charge in [0.15, 0.2) is 18.1 Å². The largest absolute Gasteiger partial charge is 0.494 e. The predicted molar refractivity (Wildman–Crippen MR) is 127 cm³/mol. The molecule has 2 heterocycles. The Morgan fingerprint density at radius 2 is 1.80 bits per heavy atom. The lowest BCUT2D eigenvalue weighted by Gasteiger charge is -2.51. The second-order valence-electron chi connectivity index (χ2n) is 9.34. The van der Waals surface area contributed by atoms with Gasteiger partial charge in [-0.2, -0.15) is 0 Å². The van der Waals surface area contributed by atoms with Crippen molar-refractivity contribution in [3.05, 3.63) is 53.9 Å². The summed E-state index contributed by atoms with van der Waals surface area (Å²) >= 11 is 0. The van der Waals surface area contributed by atoms with Gasteiger partial charge in [-0.05, 0) is 73.1 Å². The van der Waals surface area contributed by atoms with Crippen LogP contribution in [0.15, 0.2) is 47.0 Å². The molecule has 35 heavy (non-hydrogen) atoms. The molecular weight excluding hydrogens is 450 g/mol.